The van der Waals surface area contributed by atoms with E-state index in [9.17, 15) is 0 Å². The van der Waals surface area contributed by atoms with Crippen LogP contribution < -0.4 is 14.8 Å². The zero-order valence-corrected chi connectivity index (χ0v) is 20.1. The predicted molar refractivity (Wildman–Crippen MR) is 136 cm³/mol. The Balaban J connectivity index is 0.000000538. The molecule has 0 unspecified atom stereocenters. The van der Waals surface area contributed by atoms with E-state index in [2.05, 4.69) is 63.4 Å². The minimum atomic E-state index is -1.82. The molecule has 1 heterocycles. The number of hydrogen-bond donors (Lipinski definition) is 3. The number of hydrogen-bond acceptors (Lipinski definition) is 6. The summed E-state index contributed by atoms with van der Waals surface area (Å²) < 4.78 is 12.8. The van der Waals surface area contributed by atoms with Gasteiger partial charge in [0.1, 0.15) is 11.5 Å². The van der Waals surface area contributed by atoms with E-state index in [1.165, 1.54) is 11.1 Å². The first-order chi connectivity index (χ1) is 17.3. The van der Waals surface area contributed by atoms with Gasteiger partial charge < -0.3 is 29.6 Å². The summed E-state index contributed by atoms with van der Waals surface area (Å²) >= 11 is 0. The molecule has 3 aromatic carbocycles. The lowest BCUT2D eigenvalue weighted by Crippen LogP contribution is -2.09. The summed E-state index contributed by atoms with van der Waals surface area (Å²) in [7, 11) is 5.33. The molecular weight excluding hydrogens is 462 g/mol. The number of carboxylic acid groups (broad SMARTS) is 2. The number of imidazole rings is 1. The quantitative estimate of drug-likeness (QED) is 0.324. The number of rotatable bonds is 7. The van der Waals surface area contributed by atoms with Gasteiger partial charge in [-0.2, -0.15) is 0 Å². The molecule has 1 aromatic heterocycles. The number of aromatic nitrogens is 2. The second-order valence-corrected chi connectivity index (χ2v) is 7.61. The highest BCUT2D eigenvalue weighted by atomic mass is 16.5. The molecule has 0 atom stereocenters. The molecule has 0 amide bonds. The smallest absolute Gasteiger partial charge is 0.414 e. The van der Waals surface area contributed by atoms with E-state index in [4.69, 9.17) is 29.3 Å². The van der Waals surface area contributed by atoms with Crippen molar-refractivity contribution in [3.63, 3.8) is 0 Å². The number of benzene rings is 3. The van der Waals surface area contributed by atoms with Crippen molar-refractivity contribution in [3.8, 4) is 33.9 Å². The monoisotopic (exact) mass is 489 g/mol. The van der Waals surface area contributed by atoms with Crippen LogP contribution in [0.25, 0.3) is 22.4 Å². The highest BCUT2D eigenvalue weighted by Crippen LogP contribution is 2.28. The van der Waals surface area contributed by atoms with Crippen LogP contribution in [-0.2, 0) is 23.2 Å². The van der Waals surface area contributed by atoms with Crippen LogP contribution in [0.15, 0.2) is 79.0 Å². The average Bonchev–Trinajstić information content (AvgIpc) is 3.28. The standard InChI is InChI=1S/C25H25N3O2.C2H2O4/c1-28-23(20-11-9-19(10-12-20)18-7-5-4-6-8-18)17-27-25(28)26-16-21-13-14-22(29-2)15-24(21)30-3;3-1(4)2(5)6/h4-15,17H,16H2,1-3H3,(H,26,27);(H,3,4)(H,5,6). The predicted octanol–water partition coefficient (Wildman–Crippen LogP) is 4.54. The molecule has 0 aliphatic rings. The van der Waals surface area contributed by atoms with Crippen LogP contribution in [0.5, 0.6) is 11.5 Å². The highest BCUT2D eigenvalue weighted by molar-refractivity contribution is 6.27. The Bertz CT molecular complexity index is 1310. The third-order valence-corrected chi connectivity index (χ3v) is 5.39. The molecule has 0 aliphatic heterocycles. The second-order valence-electron chi connectivity index (χ2n) is 7.61. The molecule has 3 N–H and O–H groups in total. The number of methoxy groups -OCH3 is 2. The first-order valence-corrected chi connectivity index (χ1v) is 10.9. The summed E-state index contributed by atoms with van der Waals surface area (Å²) in [4.78, 5) is 22.8. The van der Waals surface area contributed by atoms with E-state index in [1.54, 1.807) is 14.2 Å². The van der Waals surface area contributed by atoms with Gasteiger partial charge >= 0.3 is 11.9 Å². The lowest BCUT2D eigenvalue weighted by molar-refractivity contribution is -0.159. The Labute approximate surface area is 208 Å². The lowest BCUT2D eigenvalue weighted by atomic mass is 10.0. The van der Waals surface area contributed by atoms with Gasteiger partial charge in [0.15, 0.2) is 0 Å². The maximum absolute atomic E-state index is 9.10. The fraction of sp³-hybridized carbons (Fsp3) is 0.148. The lowest BCUT2D eigenvalue weighted by Gasteiger charge is -2.12. The number of nitrogens with zero attached hydrogens (tertiary/aromatic N) is 2. The summed E-state index contributed by atoms with van der Waals surface area (Å²) in [5.74, 6) is -1.29. The van der Waals surface area contributed by atoms with Crippen molar-refractivity contribution in [3.05, 3.63) is 84.6 Å². The minimum absolute atomic E-state index is 0.602. The van der Waals surface area contributed by atoms with Gasteiger partial charge in [0.2, 0.25) is 5.95 Å². The van der Waals surface area contributed by atoms with Gasteiger partial charge in [0.05, 0.1) is 26.1 Å². The number of anilines is 1. The molecule has 4 aromatic rings. The van der Waals surface area contributed by atoms with E-state index in [-0.39, 0.29) is 0 Å². The SMILES string of the molecule is COc1ccc(CNc2ncc(-c3ccc(-c4ccccc4)cc3)n2C)c(OC)c1.O=C(O)C(=O)O. The molecule has 36 heavy (non-hydrogen) atoms. The molecule has 0 spiro atoms. The topological polar surface area (TPSA) is 123 Å². The van der Waals surface area contributed by atoms with Gasteiger partial charge in [-0.3, -0.25) is 0 Å². The first-order valence-electron chi connectivity index (χ1n) is 10.9. The van der Waals surface area contributed by atoms with Crippen molar-refractivity contribution in [1.29, 1.82) is 0 Å². The Hall–Kier alpha value is -4.79. The minimum Gasteiger partial charge on any atom is -0.497 e. The molecular formula is C27H27N3O6. The zero-order chi connectivity index (χ0) is 26.1. The summed E-state index contributed by atoms with van der Waals surface area (Å²) in [5, 5.41) is 18.2. The van der Waals surface area contributed by atoms with E-state index in [0.29, 0.717) is 6.54 Å². The van der Waals surface area contributed by atoms with Crippen LogP contribution >= 0.6 is 0 Å². The van der Waals surface area contributed by atoms with E-state index >= 15 is 0 Å². The van der Waals surface area contributed by atoms with E-state index < -0.39 is 11.9 Å². The summed E-state index contributed by atoms with van der Waals surface area (Å²) in [6.45, 7) is 0.602. The van der Waals surface area contributed by atoms with Crippen molar-refractivity contribution >= 4 is 17.9 Å². The van der Waals surface area contributed by atoms with Crippen LogP contribution in [-0.4, -0.2) is 45.9 Å². The van der Waals surface area contributed by atoms with Crippen LogP contribution in [0.1, 0.15) is 5.56 Å². The van der Waals surface area contributed by atoms with Gasteiger partial charge in [-0.25, -0.2) is 14.6 Å². The molecule has 0 radical (unpaired) electrons. The molecule has 9 heteroatoms. The molecule has 0 aliphatic carbocycles. The average molecular weight is 490 g/mol. The summed E-state index contributed by atoms with van der Waals surface area (Å²) in [6.07, 6.45) is 1.89. The van der Waals surface area contributed by atoms with Gasteiger partial charge in [-0.15, -0.1) is 0 Å². The van der Waals surface area contributed by atoms with Crippen LogP contribution in [0.3, 0.4) is 0 Å². The van der Waals surface area contributed by atoms with Crippen molar-refractivity contribution in [2.75, 3.05) is 19.5 Å². The highest BCUT2D eigenvalue weighted by Gasteiger charge is 2.11. The third kappa shape index (κ3) is 6.41. The largest absolute Gasteiger partial charge is 0.497 e. The Morgan fingerprint density at radius 2 is 1.47 bits per heavy atom. The Morgan fingerprint density at radius 1 is 0.861 bits per heavy atom. The van der Waals surface area contributed by atoms with Crippen molar-refractivity contribution in [1.82, 2.24) is 9.55 Å². The summed E-state index contributed by atoms with van der Waals surface area (Å²) in [5.41, 5.74) is 5.63. The Morgan fingerprint density at radius 3 is 2.06 bits per heavy atom. The second kappa shape index (κ2) is 12.1. The van der Waals surface area contributed by atoms with Gasteiger partial charge in [-0.1, -0.05) is 54.6 Å². The van der Waals surface area contributed by atoms with Crippen LogP contribution in [0.2, 0.25) is 0 Å². The normalized spacial score (nSPS) is 10.1. The zero-order valence-electron chi connectivity index (χ0n) is 20.1. The molecule has 0 bridgehead atoms. The van der Waals surface area contributed by atoms with Gasteiger partial charge in [0.25, 0.3) is 0 Å². The molecule has 9 nitrogen and oxygen atoms in total. The van der Waals surface area contributed by atoms with E-state index in [0.717, 1.165) is 34.3 Å². The fourth-order valence-electron chi connectivity index (χ4n) is 3.48. The molecule has 0 saturated carbocycles. The van der Waals surface area contributed by atoms with Gasteiger partial charge in [0, 0.05) is 25.2 Å². The van der Waals surface area contributed by atoms with E-state index in [1.807, 2.05) is 37.5 Å². The maximum atomic E-state index is 9.10. The first kappa shape index (κ1) is 25.8. The van der Waals surface area contributed by atoms with Gasteiger partial charge in [-0.05, 0) is 28.8 Å². The van der Waals surface area contributed by atoms with Crippen molar-refractivity contribution in [2.24, 2.45) is 7.05 Å². The van der Waals surface area contributed by atoms with Crippen LogP contribution in [0, 0.1) is 0 Å². The number of nitrogens with one attached hydrogen (secondary N) is 1. The van der Waals surface area contributed by atoms with Crippen LogP contribution in [0.4, 0.5) is 5.95 Å². The molecule has 0 fully saturated rings. The number of carbonyl (C=O) groups is 2. The maximum Gasteiger partial charge on any atom is 0.414 e. The molecule has 0 saturated heterocycles. The number of ether oxygens (including phenoxy) is 2. The van der Waals surface area contributed by atoms with Crippen molar-refractivity contribution in [2.45, 2.75) is 6.54 Å². The summed E-state index contributed by atoms with van der Waals surface area (Å²) in [6, 6.07) is 24.8. The molecule has 186 valence electrons. The van der Waals surface area contributed by atoms with Crippen molar-refractivity contribution < 1.29 is 29.3 Å². The Kier molecular flexibility index (Phi) is 8.66. The third-order valence-electron chi connectivity index (χ3n) is 5.39. The number of aliphatic carboxylic acids is 2. The molecule has 4 rings (SSSR count). The fourth-order valence-corrected chi connectivity index (χ4v) is 3.48. The number of carboxylic acids is 2.